The molecule has 0 bridgehead atoms. The van der Waals surface area contributed by atoms with E-state index in [1.807, 2.05) is 30.5 Å². The monoisotopic (exact) mass is 316 g/mol. The van der Waals surface area contributed by atoms with E-state index < -0.39 is 6.10 Å². The van der Waals surface area contributed by atoms with Crippen LogP contribution in [0, 0.1) is 6.92 Å². The molecule has 0 amide bonds. The summed E-state index contributed by atoms with van der Waals surface area (Å²) < 4.78 is 0. The van der Waals surface area contributed by atoms with Crippen LogP contribution in [0.15, 0.2) is 47.8 Å². The van der Waals surface area contributed by atoms with Crippen molar-refractivity contribution < 1.29 is 5.11 Å². The minimum absolute atomic E-state index is 0.648. The zero-order valence-corrected chi connectivity index (χ0v) is 12.9. The Kier molecular flexibility index (Phi) is 4.01. The van der Waals surface area contributed by atoms with Gasteiger partial charge in [-0.05, 0) is 36.8 Å². The maximum absolute atomic E-state index is 10.4. The number of hydrogen-bond acceptors (Lipinski definition) is 4. The summed E-state index contributed by atoms with van der Waals surface area (Å²) in [7, 11) is 0. The van der Waals surface area contributed by atoms with Gasteiger partial charge in [-0.1, -0.05) is 29.8 Å². The molecule has 1 aromatic carbocycles. The summed E-state index contributed by atoms with van der Waals surface area (Å²) in [4.78, 5) is 8.94. The number of aliphatic hydroxyl groups is 1. The molecule has 0 aliphatic rings. The van der Waals surface area contributed by atoms with Gasteiger partial charge in [0.1, 0.15) is 11.1 Å². The topological polar surface area (TPSA) is 46.0 Å². The third-order valence-electron chi connectivity index (χ3n) is 3.09. The highest BCUT2D eigenvalue weighted by Crippen LogP contribution is 2.29. The quantitative estimate of drug-likeness (QED) is 0.785. The first-order chi connectivity index (χ1) is 10.1. The van der Waals surface area contributed by atoms with Crippen LogP contribution in [-0.2, 0) is 0 Å². The van der Waals surface area contributed by atoms with Crippen molar-refractivity contribution in [3.63, 3.8) is 0 Å². The lowest BCUT2D eigenvalue weighted by molar-refractivity contribution is 0.220. The number of aliphatic hydroxyl groups excluding tert-OH is 1. The van der Waals surface area contributed by atoms with Crippen molar-refractivity contribution in [1.29, 1.82) is 0 Å². The van der Waals surface area contributed by atoms with E-state index >= 15 is 0 Å². The standard InChI is InChI=1S/C16H13ClN2OS/c1-10-3-2-4-13(18-10)14-9-21-16(19-14)15(20)11-5-7-12(17)8-6-11/h2-9,15,20H,1H3. The Balaban J connectivity index is 1.89. The summed E-state index contributed by atoms with van der Waals surface area (Å²) in [5.41, 5.74) is 3.32. The molecule has 2 heterocycles. The van der Waals surface area contributed by atoms with Crippen LogP contribution in [0.5, 0.6) is 0 Å². The molecule has 3 nitrogen and oxygen atoms in total. The predicted octanol–water partition coefficient (Wildman–Crippen LogP) is 4.25. The zero-order chi connectivity index (χ0) is 14.8. The molecule has 2 aromatic heterocycles. The predicted molar refractivity (Wildman–Crippen MR) is 85.6 cm³/mol. The van der Waals surface area contributed by atoms with E-state index in [1.165, 1.54) is 11.3 Å². The van der Waals surface area contributed by atoms with E-state index in [1.54, 1.807) is 24.3 Å². The van der Waals surface area contributed by atoms with Gasteiger partial charge in [-0.3, -0.25) is 4.98 Å². The Morgan fingerprint density at radius 2 is 1.81 bits per heavy atom. The smallest absolute Gasteiger partial charge is 0.131 e. The number of thiazole rings is 1. The van der Waals surface area contributed by atoms with Crippen LogP contribution in [0.25, 0.3) is 11.4 Å². The SMILES string of the molecule is Cc1cccc(-c2csc(C(O)c3ccc(Cl)cc3)n2)n1. The van der Waals surface area contributed by atoms with E-state index in [0.717, 1.165) is 22.6 Å². The second-order valence-electron chi connectivity index (χ2n) is 4.69. The van der Waals surface area contributed by atoms with Gasteiger partial charge in [-0.25, -0.2) is 4.98 Å². The molecule has 0 radical (unpaired) electrons. The van der Waals surface area contributed by atoms with Gasteiger partial charge in [-0.2, -0.15) is 0 Å². The van der Waals surface area contributed by atoms with Crippen molar-refractivity contribution in [2.24, 2.45) is 0 Å². The van der Waals surface area contributed by atoms with Crippen molar-refractivity contribution >= 4 is 22.9 Å². The lowest BCUT2D eigenvalue weighted by Crippen LogP contribution is -1.99. The molecule has 1 atom stereocenters. The van der Waals surface area contributed by atoms with Crippen molar-refractivity contribution in [1.82, 2.24) is 9.97 Å². The van der Waals surface area contributed by atoms with Crippen molar-refractivity contribution in [3.8, 4) is 11.4 Å². The molecule has 21 heavy (non-hydrogen) atoms. The number of benzene rings is 1. The highest BCUT2D eigenvalue weighted by Gasteiger charge is 2.15. The van der Waals surface area contributed by atoms with Crippen LogP contribution in [0.4, 0.5) is 0 Å². The lowest BCUT2D eigenvalue weighted by Gasteiger charge is -2.07. The molecular weight excluding hydrogens is 304 g/mol. The van der Waals surface area contributed by atoms with Crippen molar-refractivity contribution in [3.05, 3.63) is 69.1 Å². The Morgan fingerprint density at radius 1 is 1.05 bits per heavy atom. The fourth-order valence-electron chi connectivity index (χ4n) is 2.00. The Morgan fingerprint density at radius 3 is 2.52 bits per heavy atom. The fourth-order valence-corrected chi connectivity index (χ4v) is 2.95. The summed E-state index contributed by atoms with van der Waals surface area (Å²) in [6.45, 7) is 1.94. The summed E-state index contributed by atoms with van der Waals surface area (Å²) >= 11 is 7.28. The van der Waals surface area contributed by atoms with E-state index in [2.05, 4.69) is 9.97 Å². The van der Waals surface area contributed by atoms with Gasteiger partial charge in [0.2, 0.25) is 0 Å². The molecule has 0 aliphatic heterocycles. The van der Waals surface area contributed by atoms with Crippen LogP contribution in [0.1, 0.15) is 22.4 Å². The van der Waals surface area contributed by atoms with E-state index in [4.69, 9.17) is 11.6 Å². The van der Waals surface area contributed by atoms with Gasteiger partial charge in [-0.15, -0.1) is 11.3 Å². The number of halogens is 1. The van der Waals surface area contributed by atoms with Crippen LogP contribution >= 0.6 is 22.9 Å². The van der Waals surface area contributed by atoms with Gasteiger partial charge in [0.05, 0.1) is 11.4 Å². The first-order valence-electron chi connectivity index (χ1n) is 6.46. The van der Waals surface area contributed by atoms with Gasteiger partial charge in [0.15, 0.2) is 0 Å². The maximum atomic E-state index is 10.4. The second kappa shape index (κ2) is 5.93. The average molecular weight is 317 g/mol. The van der Waals surface area contributed by atoms with Gasteiger partial charge in [0.25, 0.3) is 0 Å². The van der Waals surface area contributed by atoms with Gasteiger partial charge >= 0.3 is 0 Å². The molecule has 3 aromatic rings. The summed E-state index contributed by atoms with van der Waals surface area (Å²) in [6.07, 6.45) is -0.745. The Hall–Kier alpha value is -1.75. The number of pyridine rings is 1. The number of aromatic nitrogens is 2. The fraction of sp³-hybridized carbons (Fsp3) is 0.125. The summed E-state index contributed by atoms with van der Waals surface area (Å²) in [5, 5.41) is 13.6. The van der Waals surface area contributed by atoms with Crippen LogP contribution in [0.2, 0.25) is 5.02 Å². The summed E-state index contributed by atoms with van der Waals surface area (Å²) in [5.74, 6) is 0. The largest absolute Gasteiger partial charge is 0.381 e. The molecule has 1 N–H and O–H groups in total. The molecule has 0 spiro atoms. The number of rotatable bonds is 3. The van der Waals surface area contributed by atoms with E-state index in [-0.39, 0.29) is 0 Å². The molecule has 0 saturated carbocycles. The number of nitrogens with zero attached hydrogens (tertiary/aromatic N) is 2. The molecule has 3 rings (SSSR count). The maximum Gasteiger partial charge on any atom is 0.131 e. The highest BCUT2D eigenvalue weighted by molar-refractivity contribution is 7.10. The van der Waals surface area contributed by atoms with Crippen LogP contribution in [-0.4, -0.2) is 15.1 Å². The highest BCUT2D eigenvalue weighted by atomic mass is 35.5. The zero-order valence-electron chi connectivity index (χ0n) is 11.3. The van der Waals surface area contributed by atoms with Crippen LogP contribution < -0.4 is 0 Å². The minimum atomic E-state index is -0.745. The summed E-state index contributed by atoms with van der Waals surface area (Å²) in [6, 6.07) is 12.9. The molecule has 0 aliphatic carbocycles. The lowest BCUT2D eigenvalue weighted by atomic mass is 10.1. The van der Waals surface area contributed by atoms with Crippen LogP contribution in [0.3, 0.4) is 0 Å². The normalized spacial score (nSPS) is 12.3. The first-order valence-corrected chi connectivity index (χ1v) is 7.72. The molecule has 0 fully saturated rings. The molecular formula is C16H13ClN2OS. The van der Waals surface area contributed by atoms with E-state index in [0.29, 0.717) is 10.0 Å². The van der Waals surface area contributed by atoms with Gasteiger partial charge in [0, 0.05) is 16.1 Å². The number of hydrogen-bond donors (Lipinski definition) is 1. The Labute approximate surface area is 131 Å². The third-order valence-corrected chi connectivity index (χ3v) is 4.24. The average Bonchev–Trinajstić information content (AvgIpc) is 2.97. The van der Waals surface area contributed by atoms with Crippen molar-refractivity contribution in [2.45, 2.75) is 13.0 Å². The molecule has 0 saturated heterocycles. The first kappa shape index (κ1) is 14.2. The third kappa shape index (κ3) is 3.13. The van der Waals surface area contributed by atoms with Crippen molar-refractivity contribution in [2.75, 3.05) is 0 Å². The second-order valence-corrected chi connectivity index (χ2v) is 6.02. The van der Waals surface area contributed by atoms with Gasteiger partial charge < -0.3 is 5.11 Å². The van der Waals surface area contributed by atoms with E-state index in [9.17, 15) is 5.11 Å². The molecule has 106 valence electrons. The Bertz CT molecular complexity index is 755. The molecule has 5 heteroatoms. The molecule has 1 unspecified atom stereocenters. The minimum Gasteiger partial charge on any atom is -0.381 e. The number of aryl methyl sites for hydroxylation is 1.